The van der Waals surface area contributed by atoms with E-state index in [4.69, 9.17) is 0 Å². The molecule has 4 aromatic carbocycles. The zero-order valence-corrected chi connectivity index (χ0v) is 16.1. The van der Waals surface area contributed by atoms with E-state index in [9.17, 15) is 26.3 Å². The van der Waals surface area contributed by atoms with E-state index in [-0.39, 0.29) is 17.2 Å². The maximum absolute atomic E-state index is 13.1. The lowest BCUT2D eigenvalue weighted by atomic mass is 9.95. The molecular weight excluding hydrogens is 458 g/mol. The second kappa shape index (κ2) is 6.76. The van der Waals surface area contributed by atoms with Crippen LogP contribution in [0.4, 0.5) is 26.3 Å². The summed E-state index contributed by atoms with van der Waals surface area (Å²) in [6, 6.07) is 15.9. The molecule has 0 heterocycles. The normalized spacial score (nSPS) is 12.7. The third-order valence-corrected chi connectivity index (χ3v) is 5.21. The predicted molar refractivity (Wildman–Crippen MR) is 105 cm³/mol. The predicted octanol–water partition coefficient (Wildman–Crippen LogP) is 8.46. The Morgan fingerprint density at radius 2 is 1.03 bits per heavy atom. The van der Waals surface area contributed by atoms with Crippen molar-refractivity contribution in [2.24, 2.45) is 0 Å². The molecule has 0 aliphatic carbocycles. The summed E-state index contributed by atoms with van der Waals surface area (Å²) in [6.45, 7) is 0. The molecule has 0 aliphatic rings. The fourth-order valence-electron chi connectivity index (χ4n) is 3.34. The lowest BCUT2D eigenvalue weighted by molar-refractivity contribution is -0.143. The Morgan fingerprint density at radius 3 is 1.59 bits per heavy atom. The van der Waals surface area contributed by atoms with Crippen LogP contribution in [0.3, 0.4) is 0 Å². The number of hydrogen-bond acceptors (Lipinski definition) is 0. The fourth-order valence-corrected chi connectivity index (χ4v) is 3.72. The third kappa shape index (κ3) is 3.83. The van der Waals surface area contributed by atoms with Gasteiger partial charge in [0, 0.05) is 4.47 Å². The van der Waals surface area contributed by atoms with Gasteiger partial charge in [0.05, 0.1) is 11.1 Å². The van der Waals surface area contributed by atoms with Gasteiger partial charge in [0.2, 0.25) is 0 Å². The highest BCUT2D eigenvalue weighted by atomic mass is 79.9. The largest absolute Gasteiger partial charge is 0.416 e. The van der Waals surface area contributed by atoms with Gasteiger partial charge in [-0.2, -0.15) is 26.3 Å². The van der Waals surface area contributed by atoms with E-state index in [1.807, 2.05) is 24.3 Å². The Hall–Kier alpha value is -2.54. The van der Waals surface area contributed by atoms with Crippen molar-refractivity contribution in [1.29, 1.82) is 0 Å². The smallest absolute Gasteiger partial charge is 0.166 e. The molecule has 4 aromatic rings. The van der Waals surface area contributed by atoms with Gasteiger partial charge in [0.1, 0.15) is 0 Å². The first-order valence-electron chi connectivity index (χ1n) is 8.44. The minimum atomic E-state index is -4.88. The topological polar surface area (TPSA) is 0 Å². The van der Waals surface area contributed by atoms with Crippen molar-refractivity contribution in [2.45, 2.75) is 12.4 Å². The Bertz CT molecular complexity index is 1210. The first-order chi connectivity index (χ1) is 13.5. The second-order valence-electron chi connectivity index (χ2n) is 6.66. The van der Waals surface area contributed by atoms with E-state index in [1.54, 1.807) is 24.3 Å². The van der Waals surface area contributed by atoms with Crippen molar-refractivity contribution in [1.82, 2.24) is 0 Å². The molecule has 0 amide bonds. The summed E-state index contributed by atoms with van der Waals surface area (Å²) in [5.41, 5.74) is -2.51. The van der Waals surface area contributed by atoms with Crippen LogP contribution in [0.25, 0.3) is 32.7 Å². The maximum Gasteiger partial charge on any atom is 0.416 e. The Labute approximate surface area is 169 Å². The average molecular weight is 469 g/mol. The van der Waals surface area contributed by atoms with Crippen LogP contribution in [0.15, 0.2) is 71.2 Å². The summed E-state index contributed by atoms with van der Waals surface area (Å²) in [5, 5.41) is 3.50. The number of halogens is 7. The van der Waals surface area contributed by atoms with Gasteiger partial charge < -0.3 is 0 Å². The molecule has 0 unspecified atom stereocenters. The van der Waals surface area contributed by atoms with Crippen LogP contribution in [0.5, 0.6) is 0 Å². The van der Waals surface area contributed by atoms with Crippen LogP contribution in [0.2, 0.25) is 0 Å². The standard InChI is InChI=1S/C22H11BrF6/c23-18-4-6-20-14(10-18)2-1-13-7-12(3-5-19(13)20)15-8-16(21(24,25)26)11-17(9-15)22(27,28)29/h1-11H. The molecule has 0 bridgehead atoms. The molecule has 0 saturated carbocycles. The maximum atomic E-state index is 13.1. The highest BCUT2D eigenvalue weighted by molar-refractivity contribution is 9.10. The van der Waals surface area contributed by atoms with Crippen molar-refractivity contribution < 1.29 is 26.3 Å². The molecule has 4 rings (SSSR count). The molecule has 0 aliphatic heterocycles. The van der Waals surface area contributed by atoms with Crippen molar-refractivity contribution >= 4 is 37.5 Å². The zero-order valence-electron chi connectivity index (χ0n) is 14.5. The molecule has 0 radical (unpaired) electrons. The highest BCUT2D eigenvalue weighted by Gasteiger charge is 2.37. The molecule has 0 atom stereocenters. The summed E-state index contributed by atoms with van der Waals surface area (Å²) in [5.74, 6) is 0. The quantitative estimate of drug-likeness (QED) is 0.194. The zero-order chi connectivity index (χ0) is 21.0. The third-order valence-electron chi connectivity index (χ3n) is 4.72. The van der Waals surface area contributed by atoms with Crippen LogP contribution in [-0.4, -0.2) is 0 Å². The average Bonchev–Trinajstić information content (AvgIpc) is 2.65. The van der Waals surface area contributed by atoms with E-state index in [0.717, 1.165) is 38.2 Å². The van der Waals surface area contributed by atoms with Crippen molar-refractivity contribution in [3.8, 4) is 11.1 Å². The first kappa shape index (κ1) is 19.8. The van der Waals surface area contributed by atoms with Gasteiger partial charge in [-0.1, -0.05) is 46.3 Å². The van der Waals surface area contributed by atoms with Crippen LogP contribution >= 0.6 is 15.9 Å². The molecule has 29 heavy (non-hydrogen) atoms. The minimum absolute atomic E-state index is 0.134. The summed E-state index contributed by atoms with van der Waals surface area (Å²) in [4.78, 5) is 0. The SMILES string of the molecule is FC(F)(F)c1cc(-c2ccc3c(ccc4cc(Br)ccc43)c2)cc(C(F)(F)F)c1. The Kier molecular flexibility index (Phi) is 4.61. The molecule has 7 heteroatoms. The van der Waals surface area contributed by atoms with Gasteiger partial charge in [-0.05, 0) is 69.1 Å². The molecule has 0 spiro atoms. The minimum Gasteiger partial charge on any atom is -0.166 e. The number of alkyl halides is 6. The number of rotatable bonds is 1. The van der Waals surface area contributed by atoms with Gasteiger partial charge >= 0.3 is 12.4 Å². The fraction of sp³-hybridized carbons (Fsp3) is 0.0909. The highest BCUT2D eigenvalue weighted by Crippen LogP contribution is 2.39. The van der Waals surface area contributed by atoms with Crippen LogP contribution in [0.1, 0.15) is 11.1 Å². The number of hydrogen-bond donors (Lipinski definition) is 0. The summed E-state index contributed by atoms with van der Waals surface area (Å²) in [7, 11) is 0. The molecular formula is C22H11BrF6. The Morgan fingerprint density at radius 1 is 0.517 bits per heavy atom. The lowest BCUT2D eigenvalue weighted by Gasteiger charge is -2.15. The molecule has 0 saturated heterocycles. The second-order valence-corrected chi connectivity index (χ2v) is 7.58. The van der Waals surface area contributed by atoms with E-state index < -0.39 is 23.5 Å². The van der Waals surface area contributed by atoms with Crippen LogP contribution in [0, 0.1) is 0 Å². The van der Waals surface area contributed by atoms with Crippen LogP contribution < -0.4 is 0 Å². The van der Waals surface area contributed by atoms with E-state index >= 15 is 0 Å². The van der Waals surface area contributed by atoms with E-state index in [2.05, 4.69) is 15.9 Å². The van der Waals surface area contributed by atoms with Gasteiger partial charge in [0.25, 0.3) is 0 Å². The van der Waals surface area contributed by atoms with Crippen LogP contribution in [-0.2, 0) is 12.4 Å². The Balaban J connectivity index is 1.92. The molecule has 0 N–H and O–H groups in total. The molecule has 0 nitrogen and oxygen atoms in total. The van der Waals surface area contributed by atoms with E-state index in [1.165, 1.54) is 0 Å². The van der Waals surface area contributed by atoms with E-state index in [0.29, 0.717) is 0 Å². The van der Waals surface area contributed by atoms with Crippen molar-refractivity contribution in [3.63, 3.8) is 0 Å². The van der Waals surface area contributed by atoms with Crippen molar-refractivity contribution in [3.05, 3.63) is 82.3 Å². The summed E-state index contributed by atoms with van der Waals surface area (Å²) in [6.07, 6.45) is -9.76. The summed E-state index contributed by atoms with van der Waals surface area (Å²) >= 11 is 3.40. The molecule has 0 aromatic heterocycles. The van der Waals surface area contributed by atoms with Gasteiger partial charge in [-0.3, -0.25) is 0 Å². The van der Waals surface area contributed by atoms with Gasteiger partial charge in [0.15, 0.2) is 0 Å². The summed E-state index contributed by atoms with van der Waals surface area (Å²) < 4.78 is 79.8. The lowest BCUT2D eigenvalue weighted by Crippen LogP contribution is -2.11. The number of fused-ring (bicyclic) bond motifs is 3. The van der Waals surface area contributed by atoms with Gasteiger partial charge in [-0.15, -0.1) is 0 Å². The van der Waals surface area contributed by atoms with Gasteiger partial charge in [-0.25, -0.2) is 0 Å². The molecule has 148 valence electrons. The monoisotopic (exact) mass is 468 g/mol. The molecule has 0 fully saturated rings. The van der Waals surface area contributed by atoms with Crippen molar-refractivity contribution in [2.75, 3.05) is 0 Å². The first-order valence-corrected chi connectivity index (χ1v) is 9.23. The number of benzene rings is 4.